The summed E-state index contributed by atoms with van der Waals surface area (Å²) in [5.74, 6) is 0.586. The van der Waals surface area contributed by atoms with Gasteiger partial charge in [0.2, 0.25) is 0 Å². The molecule has 2 atom stereocenters. The van der Waals surface area contributed by atoms with Crippen molar-refractivity contribution in [3.63, 3.8) is 0 Å². The van der Waals surface area contributed by atoms with E-state index in [2.05, 4.69) is 5.32 Å². The molecular formula is C20H18FN3O. The van der Waals surface area contributed by atoms with Crippen LogP contribution >= 0.6 is 0 Å². The summed E-state index contributed by atoms with van der Waals surface area (Å²) in [6.07, 6.45) is 3.04. The van der Waals surface area contributed by atoms with Crippen LogP contribution in [-0.4, -0.2) is 21.6 Å². The van der Waals surface area contributed by atoms with Crippen LogP contribution in [-0.2, 0) is 13.0 Å². The Morgan fingerprint density at radius 2 is 1.92 bits per heavy atom. The minimum Gasteiger partial charge on any atom is -0.309 e. The van der Waals surface area contributed by atoms with E-state index >= 15 is 0 Å². The summed E-state index contributed by atoms with van der Waals surface area (Å²) >= 11 is 0. The standard InChI is InChI=1S/C20H18FN3O/c21-14-3-1-2-12(8-14)13-4-7-17-18(9-13)23-19-10-15-5-6-16(22-15)11-24(19)20(17)25/h1-4,7-9,15-16,22H,5-6,10-11H2. The maximum atomic E-state index is 13.5. The van der Waals surface area contributed by atoms with Crippen molar-refractivity contribution in [2.45, 2.75) is 37.9 Å². The number of hydrogen-bond donors (Lipinski definition) is 1. The lowest BCUT2D eigenvalue weighted by molar-refractivity contribution is 0.499. The molecule has 1 aromatic heterocycles. The van der Waals surface area contributed by atoms with Gasteiger partial charge < -0.3 is 5.32 Å². The molecule has 2 bridgehead atoms. The predicted octanol–water partition coefficient (Wildman–Crippen LogP) is 2.88. The maximum Gasteiger partial charge on any atom is 0.261 e. The van der Waals surface area contributed by atoms with Gasteiger partial charge >= 0.3 is 0 Å². The molecule has 1 N–H and O–H groups in total. The van der Waals surface area contributed by atoms with E-state index in [4.69, 9.17) is 4.98 Å². The number of benzene rings is 2. The Morgan fingerprint density at radius 1 is 1.08 bits per heavy atom. The van der Waals surface area contributed by atoms with Gasteiger partial charge in [-0.3, -0.25) is 9.36 Å². The third-order valence-electron chi connectivity index (χ3n) is 5.36. The normalized spacial score (nSPS) is 22.0. The molecule has 25 heavy (non-hydrogen) atoms. The van der Waals surface area contributed by atoms with Crippen LogP contribution in [0.15, 0.2) is 47.3 Å². The molecule has 4 nitrogen and oxygen atoms in total. The van der Waals surface area contributed by atoms with Gasteiger partial charge in [0.25, 0.3) is 5.56 Å². The average Bonchev–Trinajstić information content (AvgIpc) is 2.95. The van der Waals surface area contributed by atoms with Crippen molar-refractivity contribution in [3.05, 3.63) is 64.5 Å². The molecule has 126 valence electrons. The first-order chi connectivity index (χ1) is 12.2. The maximum absolute atomic E-state index is 13.5. The van der Waals surface area contributed by atoms with E-state index in [-0.39, 0.29) is 11.4 Å². The van der Waals surface area contributed by atoms with Crippen molar-refractivity contribution in [2.75, 3.05) is 0 Å². The van der Waals surface area contributed by atoms with Crippen LogP contribution in [0.1, 0.15) is 18.7 Å². The lowest BCUT2D eigenvalue weighted by Gasteiger charge is -2.15. The van der Waals surface area contributed by atoms with Crippen LogP contribution < -0.4 is 10.9 Å². The molecule has 2 aliphatic rings. The third kappa shape index (κ3) is 2.46. The zero-order chi connectivity index (χ0) is 17.0. The number of nitrogens with zero attached hydrogens (tertiary/aromatic N) is 2. The second-order valence-electron chi connectivity index (χ2n) is 7.03. The van der Waals surface area contributed by atoms with Crippen LogP contribution in [0, 0.1) is 5.82 Å². The van der Waals surface area contributed by atoms with E-state index in [1.165, 1.54) is 12.1 Å². The average molecular weight is 335 g/mol. The summed E-state index contributed by atoms with van der Waals surface area (Å²) in [7, 11) is 0. The van der Waals surface area contributed by atoms with Crippen LogP contribution in [0.5, 0.6) is 0 Å². The van der Waals surface area contributed by atoms with Gasteiger partial charge in [-0.25, -0.2) is 9.37 Å². The number of nitrogens with one attached hydrogen (secondary N) is 1. The number of hydrogen-bond acceptors (Lipinski definition) is 3. The van der Waals surface area contributed by atoms with E-state index in [0.717, 1.165) is 36.2 Å². The molecule has 2 unspecified atom stereocenters. The van der Waals surface area contributed by atoms with Crippen molar-refractivity contribution < 1.29 is 4.39 Å². The van der Waals surface area contributed by atoms with Crippen molar-refractivity contribution >= 4 is 10.9 Å². The Kier molecular flexibility index (Phi) is 3.25. The van der Waals surface area contributed by atoms with Gasteiger partial charge in [0.1, 0.15) is 11.6 Å². The number of halogens is 1. The quantitative estimate of drug-likeness (QED) is 0.744. The zero-order valence-electron chi connectivity index (χ0n) is 13.7. The number of fused-ring (bicyclic) bond motifs is 4. The zero-order valence-corrected chi connectivity index (χ0v) is 13.7. The summed E-state index contributed by atoms with van der Waals surface area (Å²) in [5, 5.41) is 4.21. The summed E-state index contributed by atoms with van der Waals surface area (Å²) < 4.78 is 15.3. The first-order valence-corrected chi connectivity index (χ1v) is 8.73. The molecule has 5 heteroatoms. The van der Waals surface area contributed by atoms with Crippen molar-refractivity contribution in [3.8, 4) is 11.1 Å². The molecule has 0 radical (unpaired) electrons. The Bertz CT molecular complexity index is 1040. The Labute approximate surface area is 144 Å². The predicted molar refractivity (Wildman–Crippen MR) is 95.0 cm³/mol. The minimum absolute atomic E-state index is 0.0279. The Balaban J connectivity index is 1.68. The monoisotopic (exact) mass is 335 g/mol. The lowest BCUT2D eigenvalue weighted by atomic mass is 10.0. The smallest absolute Gasteiger partial charge is 0.261 e. The second-order valence-corrected chi connectivity index (χ2v) is 7.03. The molecule has 0 amide bonds. The summed E-state index contributed by atoms with van der Waals surface area (Å²) in [6.45, 7) is 0.694. The molecule has 0 saturated carbocycles. The van der Waals surface area contributed by atoms with Crippen LogP contribution in [0.3, 0.4) is 0 Å². The van der Waals surface area contributed by atoms with Gasteiger partial charge in [-0.05, 0) is 48.2 Å². The van der Waals surface area contributed by atoms with Crippen molar-refractivity contribution in [2.24, 2.45) is 0 Å². The van der Waals surface area contributed by atoms with E-state index in [1.807, 2.05) is 28.8 Å². The molecule has 2 aromatic carbocycles. The first-order valence-electron chi connectivity index (χ1n) is 8.73. The SMILES string of the molecule is O=c1c2ccc(-c3cccc(F)c3)cc2nc2n1CC1CCC(C2)N1. The fourth-order valence-corrected chi connectivity index (χ4v) is 4.11. The van der Waals surface area contributed by atoms with Gasteiger partial charge in [0.15, 0.2) is 0 Å². The van der Waals surface area contributed by atoms with Gasteiger partial charge in [-0.2, -0.15) is 0 Å². The molecule has 1 fully saturated rings. The fraction of sp³-hybridized carbons (Fsp3) is 0.300. The van der Waals surface area contributed by atoms with Crippen LogP contribution in [0.2, 0.25) is 0 Å². The number of aromatic nitrogens is 2. The second kappa shape index (κ2) is 5.49. The molecule has 3 heterocycles. The molecule has 1 saturated heterocycles. The van der Waals surface area contributed by atoms with Gasteiger partial charge in [0.05, 0.1) is 10.9 Å². The van der Waals surface area contributed by atoms with Gasteiger partial charge in [0, 0.05) is 25.0 Å². The van der Waals surface area contributed by atoms with E-state index in [1.54, 1.807) is 6.07 Å². The van der Waals surface area contributed by atoms with Crippen LogP contribution in [0.4, 0.5) is 4.39 Å². The third-order valence-corrected chi connectivity index (χ3v) is 5.36. The Morgan fingerprint density at radius 3 is 2.80 bits per heavy atom. The highest BCUT2D eigenvalue weighted by Crippen LogP contribution is 2.25. The molecule has 2 aliphatic heterocycles. The molecule has 0 aliphatic carbocycles. The molecule has 3 aromatic rings. The topological polar surface area (TPSA) is 46.9 Å². The summed E-state index contributed by atoms with van der Waals surface area (Å²) in [5.41, 5.74) is 2.38. The molecular weight excluding hydrogens is 317 g/mol. The molecule has 5 rings (SSSR count). The largest absolute Gasteiger partial charge is 0.309 e. The lowest BCUT2D eigenvalue weighted by Crippen LogP contribution is -2.32. The van der Waals surface area contributed by atoms with E-state index in [9.17, 15) is 9.18 Å². The summed E-state index contributed by atoms with van der Waals surface area (Å²) in [4.78, 5) is 17.7. The minimum atomic E-state index is -0.269. The number of rotatable bonds is 1. The molecule has 0 spiro atoms. The highest BCUT2D eigenvalue weighted by atomic mass is 19.1. The van der Waals surface area contributed by atoms with Gasteiger partial charge in [-0.15, -0.1) is 0 Å². The first kappa shape index (κ1) is 14.8. The van der Waals surface area contributed by atoms with Gasteiger partial charge in [-0.1, -0.05) is 18.2 Å². The summed E-state index contributed by atoms with van der Waals surface area (Å²) in [6, 6.07) is 12.8. The van der Waals surface area contributed by atoms with Crippen molar-refractivity contribution in [1.29, 1.82) is 0 Å². The highest BCUT2D eigenvalue weighted by Gasteiger charge is 2.30. The Hall–Kier alpha value is -2.53. The van der Waals surface area contributed by atoms with E-state index in [0.29, 0.717) is 29.5 Å². The van der Waals surface area contributed by atoms with Crippen molar-refractivity contribution in [1.82, 2.24) is 14.9 Å². The van der Waals surface area contributed by atoms with Crippen LogP contribution in [0.25, 0.3) is 22.0 Å². The highest BCUT2D eigenvalue weighted by molar-refractivity contribution is 5.83. The fourth-order valence-electron chi connectivity index (χ4n) is 4.11. The van der Waals surface area contributed by atoms with E-state index < -0.39 is 0 Å².